The molecule has 8 heteroatoms. The van der Waals surface area contributed by atoms with Gasteiger partial charge < -0.3 is 10.6 Å². The Balaban J connectivity index is 1.96. The summed E-state index contributed by atoms with van der Waals surface area (Å²) in [5, 5.41) is 6.25. The summed E-state index contributed by atoms with van der Waals surface area (Å²) in [6.07, 6.45) is 0. The van der Waals surface area contributed by atoms with Gasteiger partial charge in [-0.25, -0.2) is 4.68 Å². The van der Waals surface area contributed by atoms with Crippen LogP contribution in [0.5, 0.6) is 0 Å². The molecular weight excluding hydrogens is 460 g/mol. The molecule has 7 nitrogen and oxygen atoms in total. The lowest BCUT2D eigenvalue weighted by Crippen LogP contribution is -2.41. The summed E-state index contributed by atoms with van der Waals surface area (Å²) in [7, 11) is 0. The third-order valence-electron chi connectivity index (χ3n) is 4.81. The first-order valence-corrected chi connectivity index (χ1v) is 10.7. The van der Waals surface area contributed by atoms with Crippen LogP contribution in [0.25, 0.3) is 10.9 Å². The fourth-order valence-electron chi connectivity index (χ4n) is 3.19. The number of anilines is 1. The van der Waals surface area contributed by atoms with Crippen LogP contribution >= 0.6 is 15.9 Å². The molecule has 3 aromatic rings. The van der Waals surface area contributed by atoms with Crippen LogP contribution < -0.4 is 16.1 Å². The molecule has 0 fully saturated rings. The Hall–Kier alpha value is -3.13. The second-order valence-electron chi connectivity index (χ2n) is 7.83. The van der Waals surface area contributed by atoms with Gasteiger partial charge in [0, 0.05) is 22.1 Å². The first kappa shape index (κ1) is 22.6. The number of carbonyl (C=O) groups is 3. The highest BCUT2D eigenvalue weighted by atomic mass is 79.9. The Morgan fingerprint density at radius 2 is 1.68 bits per heavy atom. The van der Waals surface area contributed by atoms with Crippen LogP contribution in [0.2, 0.25) is 0 Å². The number of rotatable bonds is 5. The Kier molecular flexibility index (Phi) is 6.80. The topological polar surface area (TPSA) is 92.2 Å². The maximum atomic E-state index is 13.2. The number of halogens is 1. The number of hydrogen-bond acceptors (Lipinski definition) is 3. The predicted molar refractivity (Wildman–Crippen MR) is 126 cm³/mol. The van der Waals surface area contributed by atoms with Crippen molar-refractivity contribution in [1.82, 2.24) is 9.99 Å². The molecule has 0 saturated heterocycles. The van der Waals surface area contributed by atoms with Crippen LogP contribution in [0.15, 0.2) is 46.9 Å². The number of para-hydroxylation sites is 1. The molecule has 0 radical (unpaired) electrons. The number of hydrogen-bond donors (Lipinski definition) is 3. The molecule has 1 heterocycles. The van der Waals surface area contributed by atoms with E-state index in [1.54, 1.807) is 18.2 Å². The van der Waals surface area contributed by atoms with Gasteiger partial charge in [-0.1, -0.05) is 48.0 Å². The molecule has 1 aromatic heterocycles. The smallest absolute Gasteiger partial charge is 0.328 e. The normalized spacial score (nSPS) is 10.9. The number of carbonyl (C=O) groups excluding carboxylic acids is 3. The molecular formula is C23H25BrN4O3. The average Bonchev–Trinajstić information content (AvgIpc) is 3.06. The summed E-state index contributed by atoms with van der Waals surface area (Å²) in [5.41, 5.74) is 5.94. The SMILES string of the molecule is Cc1cccc(C)c1NC(=O)c1cc2cc(Br)ccc2n1NC(=O)C(=O)NCC(C)C. The zero-order chi connectivity index (χ0) is 22.7. The number of aromatic nitrogens is 1. The van der Waals surface area contributed by atoms with E-state index in [2.05, 4.69) is 32.0 Å². The van der Waals surface area contributed by atoms with Gasteiger partial charge in [0.2, 0.25) is 0 Å². The Morgan fingerprint density at radius 3 is 2.32 bits per heavy atom. The molecule has 31 heavy (non-hydrogen) atoms. The van der Waals surface area contributed by atoms with Gasteiger partial charge in [0.25, 0.3) is 5.91 Å². The summed E-state index contributed by atoms with van der Waals surface area (Å²) in [6, 6.07) is 12.8. The van der Waals surface area contributed by atoms with E-state index in [0.29, 0.717) is 17.7 Å². The Bertz CT molecular complexity index is 1150. The van der Waals surface area contributed by atoms with Crippen LogP contribution in [-0.2, 0) is 9.59 Å². The number of amides is 3. The minimum atomic E-state index is -0.845. The van der Waals surface area contributed by atoms with Crippen molar-refractivity contribution in [2.45, 2.75) is 27.7 Å². The zero-order valence-corrected chi connectivity index (χ0v) is 19.5. The van der Waals surface area contributed by atoms with Crippen molar-refractivity contribution in [3.8, 4) is 0 Å². The van der Waals surface area contributed by atoms with Crippen LogP contribution in [0.1, 0.15) is 35.5 Å². The van der Waals surface area contributed by atoms with Crippen LogP contribution in [0, 0.1) is 19.8 Å². The number of benzene rings is 2. The molecule has 162 valence electrons. The molecule has 3 rings (SSSR count). The largest absolute Gasteiger partial charge is 0.348 e. The number of aryl methyl sites for hydroxylation is 2. The van der Waals surface area contributed by atoms with E-state index in [0.717, 1.165) is 21.0 Å². The van der Waals surface area contributed by atoms with E-state index in [9.17, 15) is 14.4 Å². The Labute approximate surface area is 189 Å². The average molecular weight is 485 g/mol. The number of nitrogens with zero attached hydrogens (tertiary/aromatic N) is 1. The van der Waals surface area contributed by atoms with Gasteiger partial charge in [0.1, 0.15) is 5.69 Å². The Morgan fingerprint density at radius 1 is 1.00 bits per heavy atom. The molecule has 3 amide bonds. The molecule has 3 N–H and O–H groups in total. The summed E-state index contributed by atoms with van der Waals surface area (Å²) < 4.78 is 2.18. The first-order valence-electron chi connectivity index (χ1n) is 9.95. The maximum Gasteiger partial charge on any atom is 0.328 e. The number of nitrogens with one attached hydrogen (secondary N) is 3. The summed E-state index contributed by atoms with van der Waals surface area (Å²) >= 11 is 3.42. The summed E-state index contributed by atoms with van der Waals surface area (Å²) in [4.78, 5) is 37.8. The summed E-state index contributed by atoms with van der Waals surface area (Å²) in [6.45, 7) is 8.08. The van der Waals surface area contributed by atoms with Crippen molar-refractivity contribution >= 4 is 50.2 Å². The second kappa shape index (κ2) is 9.34. The molecule has 0 atom stereocenters. The van der Waals surface area contributed by atoms with Crippen molar-refractivity contribution in [2.75, 3.05) is 17.3 Å². The standard InChI is InChI=1S/C23H25BrN4O3/c1-13(2)12-25-22(30)23(31)27-28-18-9-8-17(24)10-16(18)11-19(28)21(29)26-20-14(3)6-5-7-15(20)4/h5-11,13H,12H2,1-4H3,(H,25,30)(H,26,29)(H,27,31). The van der Waals surface area contributed by atoms with Gasteiger partial charge in [0.05, 0.1) is 5.52 Å². The lowest BCUT2D eigenvalue weighted by Gasteiger charge is -2.15. The number of fused-ring (bicyclic) bond motifs is 1. The van der Waals surface area contributed by atoms with Gasteiger partial charge in [-0.3, -0.25) is 19.8 Å². The van der Waals surface area contributed by atoms with Gasteiger partial charge in [-0.05, 0) is 55.2 Å². The molecule has 0 unspecified atom stereocenters. The van der Waals surface area contributed by atoms with Crippen LogP contribution in [0.3, 0.4) is 0 Å². The van der Waals surface area contributed by atoms with Crippen molar-refractivity contribution < 1.29 is 14.4 Å². The second-order valence-corrected chi connectivity index (χ2v) is 8.75. The quantitative estimate of drug-likeness (QED) is 0.475. The third-order valence-corrected chi connectivity index (χ3v) is 5.30. The van der Waals surface area contributed by atoms with Crippen LogP contribution in [-0.4, -0.2) is 28.9 Å². The molecule has 0 spiro atoms. The first-order chi connectivity index (χ1) is 14.7. The van der Waals surface area contributed by atoms with Crippen molar-refractivity contribution in [2.24, 2.45) is 5.92 Å². The van der Waals surface area contributed by atoms with Gasteiger partial charge in [-0.15, -0.1) is 0 Å². The van der Waals surface area contributed by atoms with Crippen molar-refractivity contribution in [3.05, 3.63) is 63.8 Å². The van der Waals surface area contributed by atoms with Crippen molar-refractivity contribution in [1.29, 1.82) is 0 Å². The third kappa shape index (κ3) is 5.14. The summed E-state index contributed by atoms with van der Waals surface area (Å²) in [5.74, 6) is -1.79. The molecule has 2 aromatic carbocycles. The highest BCUT2D eigenvalue weighted by Crippen LogP contribution is 2.25. The zero-order valence-electron chi connectivity index (χ0n) is 17.9. The lowest BCUT2D eigenvalue weighted by molar-refractivity contribution is -0.136. The van der Waals surface area contributed by atoms with E-state index in [1.165, 1.54) is 4.68 Å². The molecule has 0 aliphatic carbocycles. The monoisotopic (exact) mass is 484 g/mol. The highest BCUT2D eigenvalue weighted by Gasteiger charge is 2.21. The minimum absolute atomic E-state index is 0.209. The predicted octanol–water partition coefficient (Wildman–Crippen LogP) is 4.12. The van der Waals surface area contributed by atoms with Crippen molar-refractivity contribution in [3.63, 3.8) is 0 Å². The van der Waals surface area contributed by atoms with E-state index in [4.69, 9.17) is 0 Å². The molecule has 0 bridgehead atoms. The van der Waals surface area contributed by atoms with E-state index < -0.39 is 17.7 Å². The molecule has 0 saturated carbocycles. The minimum Gasteiger partial charge on any atom is -0.348 e. The fourth-order valence-corrected chi connectivity index (χ4v) is 3.57. The van der Waals surface area contributed by atoms with E-state index >= 15 is 0 Å². The van der Waals surface area contributed by atoms with Gasteiger partial charge in [-0.2, -0.15) is 0 Å². The van der Waals surface area contributed by atoms with Gasteiger partial charge >= 0.3 is 11.8 Å². The molecule has 0 aliphatic rings. The van der Waals surface area contributed by atoms with Gasteiger partial charge in [0.15, 0.2) is 0 Å². The van der Waals surface area contributed by atoms with E-state index in [-0.39, 0.29) is 11.6 Å². The maximum absolute atomic E-state index is 13.2. The molecule has 0 aliphatic heterocycles. The van der Waals surface area contributed by atoms with Crippen LogP contribution in [0.4, 0.5) is 5.69 Å². The highest BCUT2D eigenvalue weighted by molar-refractivity contribution is 9.10. The fraction of sp³-hybridized carbons (Fsp3) is 0.261. The lowest BCUT2D eigenvalue weighted by atomic mass is 10.1. The van der Waals surface area contributed by atoms with E-state index in [1.807, 2.05) is 52.0 Å².